The number of carbonyl (C=O) groups excluding carboxylic acids is 2. The van der Waals surface area contributed by atoms with Crippen LogP contribution in [0.2, 0.25) is 0 Å². The van der Waals surface area contributed by atoms with Gasteiger partial charge in [-0.3, -0.25) is 20.2 Å². The topological polar surface area (TPSA) is 84.0 Å². The fraction of sp³-hybridized carbons (Fsp3) is 0. The molecule has 0 atom stereocenters. The molecular weight excluding hydrogens is 617 g/mol. The molecule has 0 aliphatic carbocycles. The number of rotatable bonds is 8. The Morgan fingerprint density at radius 2 is 0.800 bits per heavy atom. The summed E-state index contributed by atoms with van der Waals surface area (Å²) in [4.78, 5) is 35.9. The predicted molar refractivity (Wildman–Crippen MR) is 186 cm³/mol. The molecule has 0 spiro atoms. The van der Waals surface area contributed by atoms with Crippen LogP contribution in [0.25, 0.3) is 44.8 Å². The van der Waals surface area contributed by atoms with Crippen molar-refractivity contribution < 1.29 is 9.59 Å². The Bertz CT molecular complexity index is 1930. The van der Waals surface area contributed by atoms with Gasteiger partial charge in [0.15, 0.2) is 10.3 Å². The molecule has 0 aliphatic rings. The van der Waals surface area contributed by atoms with Gasteiger partial charge >= 0.3 is 0 Å². The number of amides is 2. The van der Waals surface area contributed by atoms with Gasteiger partial charge < -0.3 is 0 Å². The Kier molecular flexibility index (Phi) is 8.11. The van der Waals surface area contributed by atoms with E-state index in [1.165, 1.54) is 22.7 Å². The molecule has 0 fully saturated rings. The second-order valence-corrected chi connectivity index (χ2v) is 12.8. The van der Waals surface area contributed by atoms with Crippen LogP contribution >= 0.6 is 34.0 Å². The van der Waals surface area contributed by atoms with E-state index in [0.29, 0.717) is 20.0 Å². The van der Waals surface area contributed by atoms with Crippen LogP contribution in [-0.2, 0) is 0 Å². The first-order chi connectivity index (χ1) is 22.1. The molecule has 7 rings (SSSR count). The van der Waals surface area contributed by atoms with Crippen molar-refractivity contribution in [2.45, 2.75) is 0 Å². The number of thiophene rings is 1. The highest BCUT2D eigenvalue weighted by molar-refractivity contribution is 7.17. The van der Waals surface area contributed by atoms with E-state index in [1.807, 2.05) is 71.4 Å². The van der Waals surface area contributed by atoms with Crippen molar-refractivity contribution in [1.82, 2.24) is 9.97 Å². The van der Waals surface area contributed by atoms with Crippen molar-refractivity contribution in [3.8, 4) is 44.8 Å². The average molecular weight is 641 g/mol. The molecule has 7 aromatic rings. The van der Waals surface area contributed by atoms with Crippen LogP contribution in [0.1, 0.15) is 19.3 Å². The third-order valence-electron chi connectivity index (χ3n) is 7.08. The van der Waals surface area contributed by atoms with E-state index in [4.69, 9.17) is 0 Å². The zero-order valence-corrected chi connectivity index (χ0v) is 26.1. The summed E-state index contributed by atoms with van der Waals surface area (Å²) in [6.07, 6.45) is 0. The minimum absolute atomic E-state index is 0.310. The second kappa shape index (κ2) is 12.8. The zero-order chi connectivity index (χ0) is 30.6. The maximum atomic E-state index is 13.0. The van der Waals surface area contributed by atoms with E-state index in [2.05, 4.69) is 69.1 Å². The smallest absolute Gasteiger partial charge is 0.267 e. The highest BCUT2D eigenvalue weighted by atomic mass is 32.1. The number of hydrogen-bond acceptors (Lipinski definition) is 7. The standard InChI is InChI=1S/C36H24N4O2S3/c41-33(39-35-37-29(21-43-35)27-15-11-25(12-16-27)23-7-3-1-4-8-23)31-19-20-32(45-31)34(42)40-36-38-30(22-44-36)28-17-13-26(14-18-28)24-9-5-2-6-10-24/h1-22H,(H,37,39,41)(H,38,40,42). The number of nitrogens with one attached hydrogen (secondary N) is 2. The molecule has 4 aromatic carbocycles. The van der Waals surface area contributed by atoms with Crippen LogP contribution in [0.3, 0.4) is 0 Å². The van der Waals surface area contributed by atoms with Crippen LogP contribution < -0.4 is 10.6 Å². The largest absolute Gasteiger partial charge is 0.297 e. The number of nitrogens with zero attached hydrogens (tertiary/aromatic N) is 2. The van der Waals surface area contributed by atoms with Crippen LogP contribution in [0.4, 0.5) is 10.3 Å². The monoisotopic (exact) mass is 640 g/mol. The third kappa shape index (κ3) is 6.51. The molecule has 0 saturated carbocycles. The molecule has 218 valence electrons. The lowest BCUT2D eigenvalue weighted by Crippen LogP contribution is -2.11. The van der Waals surface area contributed by atoms with E-state index in [9.17, 15) is 9.59 Å². The lowest BCUT2D eigenvalue weighted by atomic mass is 10.0. The summed E-state index contributed by atoms with van der Waals surface area (Å²) >= 11 is 3.84. The third-order valence-corrected chi connectivity index (χ3v) is 9.68. The van der Waals surface area contributed by atoms with Gasteiger partial charge in [0.2, 0.25) is 0 Å². The molecular formula is C36H24N4O2S3. The van der Waals surface area contributed by atoms with Crippen LogP contribution in [0.15, 0.2) is 132 Å². The molecule has 0 unspecified atom stereocenters. The number of thiazole rings is 2. The van der Waals surface area contributed by atoms with E-state index in [1.54, 1.807) is 12.1 Å². The Balaban J connectivity index is 0.961. The quantitative estimate of drug-likeness (QED) is 0.173. The number of carbonyl (C=O) groups is 2. The first kappa shape index (κ1) is 28.5. The molecule has 0 radical (unpaired) electrons. The van der Waals surface area contributed by atoms with Gasteiger partial charge in [-0.2, -0.15) is 0 Å². The van der Waals surface area contributed by atoms with Crippen molar-refractivity contribution in [1.29, 1.82) is 0 Å². The summed E-state index contributed by atoms with van der Waals surface area (Å²) in [6.45, 7) is 0. The van der Waals surface area contributed by atoms with E-state index in [-0.39, 0.29) is 11.8 Å². The number of anilines is 2. The molecule has 6 nitrogen and oxygen atoms in total. The van der Waals surface area contributed by atoms with Gasteiger partial charge in [-0.1, -0.05) is 109 Å². The van der Waals surface area contributed by atoms with Gasteiger partial charge in [0.05, 0.1) is 21.1 Å². The minimum Gasteiger partial charge on any atom is -0.297 e. The molecule has 45 heavy (non-hydrogen) atoms. The lowest BCUT2D eigenvalue weighted by Gasteiger charge is -2.03. The summed E-state index contributed by atoms with van der Waals surface area (Å²) in [5.41, 5.74) is 8.08. The normalized spacial score (nSPS) is 10.8. The van der Waals surface area contributed by atoms with E-state index in [0.717, 1.165) is 56.1 Å². The second-order valence-electron chi connectivity index (χ2n) is 10.0. The molecule has 9 heteroatoms. The molecule has 2 N–H and O–H groups in total. The predicted octanol–water partition coefficient (Wildman–Crippen LogP) is 9.83. The van der Waals surface area contributed by atoms with Gasteiger partial charge in [-0.15, -0.1) is 34.0 Å². The summed E-state index contributed by atoms with van der Waals surface area (Å²) in [6, 6.07) is 40.0. The van der Waals surface area contributed by atoms with E-state index >= 15 is 0 Å². The van der Waals surface area contributed by atoms with Crippen molar-refractivity contribution in [2.75, 3.05) is 10.6 Å². The summed E-state index contributed by atoms with van der Waals surface area (Å²) in [5, 5.41) is 10.5. The molecule has 0 bridgehead atoms. The fourth-order valence-electron chi connectivity index (χ4n) is 4.75. The minimum atomic E-state index is -0.310. The fourth-order valence-corrected chi connectivity index (χ4v) is 6.98. The highest BCUT2D eigenvalue weighted by Crippen LogP contribution is 2.30. The zero-order valence-electron chi connectivity index (χ0n) is 23.6. The van der Waals surface area contributed by atoms with Crippen LogP contribution in [0.5, 0.6) is 0 Å². The number of aromatic nitrogens is 2. The molecule has 0 aliphatic heterocycles. The van der Waals surface area contributed by atoms with Gasteiger partial charge in [0.1, 0.15) is 0 Å². The number of hydrogen-bond donors (Lipinski definition) is 2. The molecule has 3 aromatic heterocycles. The van der Waals surface area contributed by atoms with E-state index < -0.39 is 0 Å². The SMILES string of the molecule is O=C(Nc1nc(-c2ccc(-c3ccccc3)cc2)cs1)c1ccc(C(=O)Nc2nc(-c3ccc(-c4ccccc4)cc3)cs2)s1. The first-order valence-electron chi connectivity index (χ1n) is 14.0. The maximum absolute atomic E-state index is 13.0. The van der Waals surface area contributed by atoms with Crippen molar-refractivity contribution in [3.05, 3.63) is 142 Å². The number of benzene rings is 4. The molecule has 0 saturated heterocycles. The van der Waals surface area contributed by atoms with Gasteiger partial charge in [0.25, 0.3) is 11.8 Å². The van der Waals surface area contributed by atoms with Gasteiger partial charge in [-0.05, 0) is 34.4 Å². The molecule has 2 amide bonds. The Hall–Kier alpha value is -5.22. The Morgan fingerprint density at radius 1 is 0.444 bits per heavy atom. The van der Waals surface area contributed by atoms with Gasteiger partial charge in [0, 0.05) is 21.9 Å². The molecule has 3 heterocycles. The highest BCUT2D eigenvalue weighted by Gasteiger charge is 2.17. The van der Waals surface area contributed by atoms with Crippen LogP contribution in [-0.4, -0.2) is 21.8 Å². The Morgan fingerprint density at radius 3 is 1.20 bits per heavy atom. The van der Waals surface area contributed by atoms with Crippen molar-refractivity contribution in [2.24, 2.45) is 0 Å². The van der Waals surface area contributed by atoms with Crippen LogP contribution in [0, 0.1) is 0 Å². The van der Waals surface area contributed by atoms with Crippen molar-refractivity contribution >= 4 is 56.1 Å². The maximum Gasteiger partial charge on any atom is 0.267 e. The summed E-state index contributed by atoms with van der Waals surface area (Å²) in [7, 11) is 0. The average Bonchev–Trinajstić information content (AvgIpc) is 3.88. The Labute approximate surface area is 271 Å². The lowest BCUT2D eigenvalue weighted by molar-refractivity contribution is 0.102. The summed E-state index contributed by atoms with van der Waals surface area (Å²) in [5.74, 6) is -0.621. The van der Waals surface area contributed by atoms with Crippen molar-refractivity contribution in [3.63, 3.8) is 0 Å². The summed E-state index contributed by atoms with van der Waals surface area (Å²) < 4.78 is 0. The van der Waals surface area contributed by atoms with Gasteiger partial charge in [-0.25, -0.2) is 9.97 Å². The first-order valence-corrected chi connectivity index (χ1v) is 16.6.